The first-order chi connectivity index (χ1) is 22.7. The van der Waals surface area contributed by atoms with Gasteiger partial charge in [-0.15, -0.1) is 0 Å². The highest BCUT2D eigenvalue weighted by molar-refractivity contribution is 5.82. The number of benzene rings is 4. The Kier molecular flexibility index (Phi) is 12.1. The zero-order valence-corrected chi connectivity index (χ0v) is 27.2. The molecule has 0 aromatic heterocycles. The minimum atomic E-state index is -0.0117. The van der Waals surface area contributed by atoms with Gasteiger partial charge < -0.3 is 29.2 Å². The van der Waals surface area contributed by atoms with Gasteiger partial charge in [0.1, 0.15) is 5.75 Å². The molecule has 4 aromatic carbocycles. The van der Waals surface area contributed by atoms with E-state index in [0.29, 0.717) is 26.4 Å². The molecule has 3 atom stereocenters. The molecular weight excluding hydrogens is 574 g/mol. The molecule has 2 heterocycles. The highest BCUT2D eigenvalue weighted by Gasteiger charge is 2.36. The molecule has 3 unspecified atom stereocenters. The fourth-order valence-corrected chi connectivity index (χ4v) is 6.45. The number of nitrogens with one attached hydrogen (secondary N) is 1. The van der Waals surface area contributed by atoms with Crippen molar-refractivity contribution in [2.75, 3.05) is 72.7 Å². The fourth-order valence-electron chi connectivity index (χ4n) is 6.45. The normalized spacial score (nSPS) is 21.0. The first-order valence-electron chi connectivity index (χ1n) is 16.9. The van der Waals surface area contributed by atoms with Gasteiger partial charge in [0, 0.05) is 58.2 Å². The van der Waals surface area contributed by atoms with E-state index in [4.69, 9.17) is 18.9 Å². The molecule has 0 bridgehead atoms. The third-order valence-electron chi connectivity index (χ3n) is 9.18. The second kappa shape index (κ2) is 17.0. The van der Waals surface area contributed by atoms with Crippen LogP contribution in [0.3, 0.4) is 0 Å². The summed E-state index contributed by atoms with van der Waals surface area (Å²) in [5.74, 6) is 0.997. The zero-order chi connectivity index (χ0) is 31.4. The van der Waals surface area contributed by atoms with Crippen LogP contribution in [0.4, 0.5) is 0 Å². The van der Waals surface area contributed by atoms with Crippen LogP contribution in [0.25, 0.3) is 10.8 Å². The predicted octanol–water partition coefficient (Wildman–Crippen LogP) is 5.73. The van der Waals surface area contributed by atoms with E-state index >= 15 is 0 Å². The first-order valence-corrected chi connectivity index (χ1v) is 16.9. The summed E-state index contributed by atoms with van der Waals surface area (Å²) in [5, 5.41) is 6.09. The lowest BCUT2D eigenvalue weighted by Gasteiger charge is -2.39. The Hall–Kier alpha value is -3.30. The van der Waals surface area contributed by atoms with Crippen LogP contribution in [0, 0.1) is 0 Å². The maximum Gasteiger partial charge on any atom is 0.119 e. The van der Waals surface area contributed by atoms with Crippen LogP contribution < -0.4 is 10.1 Å². The van der Waals surface area contributed by atoms with Crippen molar-refractivity contribution in [2.24, 2.45) is 0 Å². The van der Waals surface area contributed by atoms with E-state index < -0.39 is 0 Å². The van der Waals surface area contributed by atoms with E-state index in [1.807, 2.05) is 18.2 Å². The summed E-state index contributed by atoms with van der Waals surface area (Å²) in [6.45, 7) is 10.2. The van der Waals surface area contributed by atoms with Gasteiger partial charge in [-0.3, -0.25) is 4.90 Å². The molecule has 244 valence electrons. The molecule has 0 aliphatic carbocycles. The molecule has 2 aliphatic heterocycles. The van der Waals surface area contributed by atoms with Crippen LogP contribution >= 0.6 is 0 Å². The van der Waals surface area contributed by atoms with E-state index in [1.54, 1.807) is 0 Å². The van der Waals surface area contributed by atoms with Crippen LogP contribution in [0.2, 0.25) is 0 Å². The Bertz CT molecular complexity index is 1460. The second-order valence-electron chi connectivity index (χ2n) is 12.6. The molecule has 0 spiro atoms. The van der Waals surface area contributed by atoms with Crippen molar-refractivity contribution in [3.8, 4) is 5.75 Å². The van der Waals surface area contributed by atoms with Crippen LogP contribution in [0.15, 0.2) is 97.1 Å². The number of rotatable bonds is 15. The standard InChI is InChI=1S/C39H49N3O4/c1-41-18-20-42(21-19-41)22-25-45-37-27-40-28-38(46-30-32-12-13-33-10-5-6-11-35(33)26-32)39(37)34-14-16-36(17-15-34)44-24-7-23-43-29-31-8-3-2-4-9-31/h2-6,8-17,26,37-40H,7,18-25,27-30H2,1H3. The van der Waals surface area contributed by atoms with Gasteiger partial charge in [-0.2, -0.15) is 0 Å². The molecule has 7 nitrogen and oxygen atoms in total. The van der Waals surface area contributed by atoms with Gasteiger partial charge in [0.05, 0.1) is 45.2 Å². The van der Waals surface area contributed by atoms with Crippen LogP contribution in [-0.2, 0) is 27.4 Å². The van der Waals surface area contributed by atoms with Crippen molar-refractivity contribution in [3.63, 3.8) is 0 Å². The zero-order valence-electron chi connectivity index (χ0n) is 27.2. The molecule has 0 saturated carbocycles. The Morgan fingerprint density at radius 3 is 2.22 bits per heavy atom. The maximum atomic E-state index is 6.68. The van der Waals surface area contributed by atoms with Gasteiger partial charge >= 0.3 is 0 Å². The number of nitrogens with zero attached hydrogens (tertiary/aromatic N) is 2. The number of hydrogen-bond donors (Lipinski definition) is 1. The van der Waals surface area contributed by atoms with Gasteiger partial charge in [-0.25, -0.2) is 0 Å². The molecule has 2 fully saturated rings. The number of ether oxygens (including phenoxy) is 4. The lowest BCUT2D eigenvalue weighted by molar-refractivity contribution is -0.0638. The lowest BCUT2D eigenvalue weighted by atomic mass is 9.85. The summed E-state index contributed by atoms with van der Waals surface area (Å²) in [4.78, 5) is 4.90. The molecule has 0 amide bonds. The summed E-state index contributed by atoms with van der Waals surface area (Å²) in [6.07, 6.45) is 0.857. The van der Waals surface area contributed by atoms with Gasteiger partial charge in [0.2, 0.25) is 0 Å². The maximum absolute atomic E-state index is 6.68. The molecule has 0 radical (unpaired) electrons. The Morgan fingerprint density at radius 2 is 1.41 bits per heavy atom. The van der Waals surface area contributed by atoms with Crippen molar-refractivity contribution in [2.45, 2.75) is 37.8 Å². The van der Waals surface area contributed by atoms with Gasteiger partial charge in [0.15, 0.2) is 0 Å². The van der Waals surface area contributed by atoms with Crippen molar-refractivity contribution in [1.29, 1.82) is 0 Å². The van der Waals surface area contributed by atoms with E-state index in [9.17, 15) is 0 Å². The minimum absolute atomic E-state index is 0.0117. The van der Waals surface area contributed by atoms with Crippen LogP contribution in [0.1, 0.15) is 29.0 Å². The number of fused-ring (bicyclic) bond motifs is 1. The summed E-state index contributed by atoms with van der Waals surface area (Å²) in [6, 6.07) is 33.9. The predicted molar refractivity (Wildman–Crippen MR) is 184 cm³/mol. The monoisotopic (exact) mass is 623 g/mol. The van der Waals surface area contributed by atoms with E-state index in [0.717, 1.165) is 64.6 Å². The second-order valence-corrected chi connectivity index (χ2v) is 12.6. The van der Waals surface area contributed by atoms with Crippen LogP contribution in [-0.4, -0.2) is 94.7 Å². The molecule has 2 aliphatic rings. The Labute approximate surface area is 274 Å². The van der Waals surface area contributed by atoms with Gasteiger partial charge in [-0.05, 0) is 52.7 Å². The molecular formula is C39H49N3O4. The molecule has 7 heteroatoms. The summed E-state index contributed by atoms with van der Waals surface area (Å²) < 4.78 is 25.2. The Balaban J connectivity index is 1.06. The van der Waals surface area contributed by atoms with E-state index in [1.165, 1.54) is 27.5 Å². The molecule has 2 saturated heterocycles. The third-order valence-corrected chi connectivity index (χ3v) is 9.18. The van der Waals surface area contributed by atoms with Crippen LogP contribution in [0.5, 0.6) is 5.75 Å². The summed E-state index contributed by atoms with van der Waals surface area (Å²) in [7, 11) is 2.20. The van der Waals surface area contributed by atoms with E-state index in [2.05, 4.69) is 101 Å². The SMILES string of the molecule is CN1CCN(CCOC2CNCC(OCc3ccc4ccccc4c3)C2c2ccc(OCCCOCc3ccccc3)cc2)CC1. The highest BCUT2D eigenvalue weighted by atomic mass is 16.5. The quantitative estimate of drug-likeness (QED) is 0.170. The number of piperidine rings is 1. The average Bonchev–Trinajstić information content (AvgIpc) is 3.10. The minimum Gasteiger partial charge on any atom is -0.494 e. The number of hydrogen-bond acceptors (Lipinski definition) is 7. The van der Waals surface area contributed by atoms with Crippen molar-refractivity contribution in [3.05, 3.63) is 114 Å². The summed E-state index contributed by atoms with van der Waals surface area (Å²) in [5.41, 5.74) is 3.61. The molecule has 1 N–H and O–H groups in total. The van der Waals surface area contributed by atoms with E-state index in [-0.39, 0.29) is 18.1 Å². The van der Waals surface area contributed by atoms with Gasteiger partial charge in [-0.1, -0.05) is 78.9 Å². The Morgan fingerprint density at radius 1 is 0.674 bits per heavy atom. The third kappa shape index (κ3) is 9.38. The highest BCUT2D eigenvalue weighted by Crippen LogP contribution is 2.32. The topological polar surface area (TPSA) is 55.4 Å². The number of piperazine rings is 1. The van der Waals surface area contributed by atoms with Crippen molar-refractivity contribution in [1.82, 2.24) is 15.1 Å². The van der Waals surface area contributed by atoms with Crippen molar-refractivity contribution < 1.29 is 18.9 Å². The van der Waals surface area contributed by atoms with Crippen molar-refractivity contribution >= 4 is 10.8 Å². The van der Waals surface area contributed by atoms with Gasteiger partial charge in [0.25, 0.3) is 0 Å². The fraction of sp³-hybridized carbons (Fsp3) is 0.436. The average molecular weight is 624 g/mol. The molecule has 46 heavy (non-hydrogen) atoms. The lowest BCUT2D eigenvalue weighted by Crippen LogP contribution is -2.51. The largest absolute Gasteiger partial charge is 0.494 e. The number of likely N-dealkylation sites (N-methyl/N-ethyl adjacent to an activating group) is 1. The first kappa shape index (κ1) is 32.6. The molecule has 4 aromatic rings. The molecule has 6 rings (SSSR count). The smallest absolute Gasteiger partial charge is 0.119 e. The summed E-state index contributed by atoms with van der Waals surface area (Å²) >= 11 is 0.